The lowest BCUT2D eigenvalue weighted by molar-refractivity contribution is -0.159. The summed E-state index contributed by atoms with van der Waals surface area (Å²) in [6, 6.07) is 7.97. The summed E-state index contributed by atoms with van der Waals surface area (Å²) in [6.07, 6.45) is 0.909. The molecular formula is C20H26N4O5. The first-order chi connectivity index (χ1) is 13.5. The number of aromatic nitrogens is 1. The van der Waals surface area contributed by atoms with Gasteiger partial charge in [-0.3, -0.25) is 4.79 Å². The number of fused-ring (bicyclic) bond motifs is 2. The Kier molecular flexibility index (Phi) is 6.76. The standard InChI is InChI=1S/C18H24N4O.C2H2O4/c1-18(2,3)19-11-15(23)21-16-12-7-5-6-8-14(12)20-17-13(16)9-10-22(17)4;3-1(4)2(5)6/h5-8,19H,9-11H2,1-4H3,(H,20,21,23);(H,3,4)(H,5,6). The lowest BCUT2D eigenvalue weighted by Crippen LogP contribution is -2.41. The van der Waals surface area contributed by atoms with Crippen molar-refractivity contribution in [2.75, 3.05) is 30.4 Å². The number of pyridine rings is 1. The number of amides is 1. The molecule has 0 radical (unpaired) electrons. The number of aliphatic carboxylic acids is 2. The van der Waals surface area contributed by atoms with Gasteiger partial charge in [0.25, 0.3) is 0 Å². The van der Waals surface area contributed by atoms with Gasteiger partial charge in [0.2, 0.25) is 5.91 Å². The number of nitrogens with one attached hydrogen (secondary N) is 2. The molecule has 0 saturated heterocycles. The smallest absolute Gasteiger partial charge is 0.414 e. The van der Waals surface area contributed by atoms with Crippen LogP contribution in [0.4, 0.5) is 11.5 Å². The Morgan fingerprint density at radius 1 is 1.14 bits per heavy atom. The van der Waals surface area contributed by atoms with Gasteiger partial charge in [-0.2, -0.15) is 0 Å². The van der Waals surface area contributed by atoms with Crippen molar-refractivity contribution >= 4 is 40.3 Å². The fraction of sp³-hybridized carbons (Fsp3) is 0.400. The van der Waals surface area contributed by atoms with E-state index in [9.17, 15) is 4.79 Å². The third-order valence-electron chi connectivity index (χ3n) is 4.26. The number of carbonyl (C=O) groups is 3. The third kappa shape index (κ3) is 5.89. The zero-order chi connectivity index (χ0) is 21.8. The molecule has 3 rings (SSSR count). The number of carbonyl (C=O) groups excluding carboxylic acids is 1. The van der Waals surface area contributed by atoms with Crippen LogP contribution < -0.4 is 15.5 Å². The molecule has 0 fully saturated rings. The highest BCUT2D eigenvalue weighted by molar-refractivity contribution is 6.27. The van der Waals surface area contributed by atoms with Crippen molar-refractivity contribution in [3.8, 4) is 0 Å². The van der Waals surface area contributed by atoms with E-state index < -0.39 is 11.9 Å². The number of carboxylic acid groups (broad SMARTS) is 2. The summed E-state index contributed by atoms with van der Waals surface area (Å²) >= 11 is 0. The van der Waals surface area contributed by atoms with E-state index in [0.717, 1.165) is 40.9 Å². The molecule has 0 aliphatic carbocycles. The van der Waals surface area contributed by atoms with E-state index in [1.54, 1.807) is 0 Å². The van der Waals surface area contributed by atoms with Crippen LogP contribution in [0.25, 0.3) is 10.9 Å². The van der Waals surface area contributed by atoms with Gasteiger partial charge < -0.3 is 25.7 Å². The first kappa shape index (κ1) is 22.1. The van der Waals surface area contributed by atoms with Crippen LogP contribution in [0.2, 0.25) is 0 Å². The molecule has 2 heterocycles. The number of para-hydroxylation sites is 1. The number of benzene rings is 1. The molecule has 9 nitrogen and oxygen atoms in total. The molecule has 1 aliphatic heterocycles. The quantitative estimate of drug-likeness (QED) is 0.571. The molecule has 1 aliphatic rings. The molecule has 0 unspecified atom stereocenters. The summed E-state index contributed by atoms with van der Waals surface area (Å²) in [5.74, 6) is -2.69. The Labute approximate surface area is 168 Å². The second-order valence-corrected chi connectivity index (χ2v) is 7.74. The summed E-state index contributed by atoms with van der Waals surface area (Å²) in [6.45, 7) is 7.38. The van der Waals surface area contributed by atoms with Crippen molar-refractivity contribution in [3.63, 3.8) is 0 Å². The lowest BCUT2D eigenvalue weighted by atomic mass is 10.1. The predicted octanol–water partition coefficient (Wildman–Crippen LogP) is 1.71. The maximum Gasteiger partial charge on any atom is 0.414 e. The van der Waals surface area contributed by atoms with Gasteiger partial charge in [-0.15, -0.1) is 0 Å². The Hall–Kier alpha value is -3.20. The summed E-state index contributed by atoms with van der Waals surface area (Å²) < 4.78 is 0. The first-order valence-electron chi connectivity index (χ1n) is 9.13. The van der Waals surface area contributed by atoms with E-state index in [-0.39, 0.29) is 11.4 Å². The van der Waals surface area contributed by atoms with E-state index in [1.807, 2.05) is 31.3 Å². The molecule has 0 atom stereocenters. The van der Waals surface area contributed by atoms with Crippen molar-refractivity contribution in [2.45, 2.75) is 32.7 Å². The number of anilines is 2. The van der Waals surface area contributed by atoms with E-state index in [2.05, 4.69) is 36.3 Å². The number of nitrogens with zero attached hydrogens (tertiary/aromatic N) is 2. The molecule has 9 heteroatoms. The molecule has 1 aromatic heterocycles. The minimum Gasteiger partial charge on any atom is -0.473 e. The van der Waals surface area contributed by atoms with E-state index in [4.69, 9.17) is 24.8 Å². The molecule has 0 spiro atoms. The molecule has 156 valence electrons. The minimum absolute atomic E-state index is 0.0203. The van der Waals surface area contributed by atoms with Crippen LogP contribution in [0, 0.1) is 0 Å². The van der Waals surface area contributed by atoms with Gasteiger partial charge >= 0.3 is 11.9 Å². The monoisotopic (exact) mass is 402 g/mol. The Morgan fingerprint density at radius 3 is 2.34 bits per heavy atom. The van der Waals surface area contributed by atoms with Crippen LogP contribution in [-0.4, -0.2) is 58.7 Å². The molecule has 4 N–H and O–H groups in total. The molecule has 0 bridgehead atoms. The summed E-state index contributed by atoms with van der Waals surface area (Å²) in [5.41, 5.74) is 2.88. The van der Waals surface area contributed by atoms with Crippen LogP contribution in [0.15, 0.2) is 24.3 Å². The highest BCUT2D eigenvalue weighted by atomic mass is 16.4. The number of hydrogen-bond acceptors (Lipinski definition) is 6. The Morgan fingerprint density at radius 2 is 1.76 bits per heavy atom. The normalized spacial score (nSPS) is 12.8. The van der Waals surface area contributed by atoms with Gasteiger partial charge in [-0.25, -0.2) is 14.6 Å². The second-order valence-electron chi connectivity index (χ2n) is 7.74. The Balaban J connectivity index is 0.000000438. The SMILES string of the molecule is CN1CCc2c1nc1ccccc1c2NC(=O)CNC(C)(C)C.O=C(O)C(=O)O. The highest BCUT2D eigenvalue weighted by Crippen LogP contribution is 2.36. The maximum absolute atomic E-state index is 12.4. The zero-order valence-corrected chi connectivity index (χ0v) is 16.9. The first-order valence-corrected chi connectivity index (χ1v) is 9.13. The molecule has 2 aromatic rings. The largest absolute Gasteiger partial charge is 0.473 e. The van der Waals surface area contributed by atoms with Gasteiger partial charge in [0, 0.05) is 30.1 Å². The average molecular weight is 402 g/mol. The fourth-order valence-corrected chi connectivity index (χ4v) is 2.85. The molecule has 1 amide bonds. The van der Waals surface area contributed by atoms with Crippen molar-refractivity contribution in [3.05, 3.63) is 29.8 Å². The van der Waals surface area contributed by atoms with Gasteiger partial charge in [-0.1, -0.05) is 18.2 Å². The van der Waals surface area contributed by atoms with Gasteiger partial charge in [-0.05, 0) is 33.3 Å². The van der Waals surface area contributed by atoms with Crippen LogP contribution in [-0.2, 0) is 20.8 Å². The zero-order valence-electron chi connectivity index (χ0n) is 16.9. The van der Waals surface area contributed by atoms with Crippen molar-refractivity contribution in [2.24, 2.45) is 0 Å². The topological polar surface area (TPSA) is 132 Å². The van der Waals surface area contributed by atoms with Crippen LogP contribution in [0.3, 0.4) is 0 Å². The number of likely N-dealkylation sites (N-methyl/N-ethyl adjacent to an activating group) is 1. The van der Waals surface area contributed by atoms with Gasteiger partial charge in [0.05, 0.1) is 17.7 Å². The predicted molar refractivity (Wildman–Crippen MR) is 110 cm³/mol. The number of rotatable bonds is 3. The molecule has 29 heavy (non-hydrogen) atoms. The van der Waals surface area contributed by atoms with E-state index in [0.29, 0.717) is 6.54 Å². The summed E-state index contributed by atoms with van der Waals surface area (Å²) in [7, 11) is 2.04. The molecule has 1 aromatic carbocycles. The van der Waals surface area contributed by atoms with E-state index in [1.165, 1.54) is 0 Å². The van der Waals surface area contributed by atoms with Crippen LogP contribution in [0.5, 0.6) is 0 Å². The third-order valence-corrected chi connectivity index (χ3v) is 4.26. The van der Waals surface area contributed by atoms with Crippen molar-refractivity contribution in [1.29, 1.82) is 0 Å². The summed E-state index contributed by atoms with van der Waals surface area (Å²) in [4.78, 5) is 37.5. The lowest BCUT2D eigenvalue weighted by Gasteiger charge is -2.21. The van der Waals surface area contributed by atoms with Gasteiger partial charge in [0.1, 0.15) is 5.82 Å². The van der Waals surface area contributed by atoms with Crippen LogP contribution in [0.1, 0.15) is 26.3 Å². The Bertz CT molecular complexity index is 924. The van der Waals surface area contributed by atoms with Crippen molar-refractivity contribution in [1.82, 2.24) is 10.3 Å². The number of hydrogen-bond donors (Lipinski definition) is 4. The second kappa shape index (κ2) is 8.87. The van der Waals surface area contributed by atoms with Crippen molar-refractivity contribution < 1.29 is 24.6 Å². The summed E-state index contributed by atoms with van der Waals surface area (Å²) in [5, 5.41) is 22.1. The van der Waals surface area contributed by atoms with Gasteiger partial charge in [0.15, 0.2) is 0 Å². The molecule has 0 saturated carbocycles. The number of carboxylic acids is 2. The molecular weight excluding hydrogens is 376 g/mol. The maximum atomic E-state index is 12.4. The van der Waals surface area contributed by atoms with E-state index >= 15 is 0 Å². The average Bonchev–Trinajstić information content (AvgIpc) is 3.00. The minimum atomic E-state index is -1.82. The highest BCUT2D eigenvalue weighted by Gasteiger charge is 2.24. The van der Waals surface area contributed by atoms with Crippen LogP contribution >= 0.6 is 0 Å². The fourth-order valence-electron chi connectivity index (χ4n) is 2.85.